The predicted octanol–water partition coefficient (Wildman–Crippen LogP) is 1.70. The molecule has 2 fully saturated rings. The molecule has 0 bridgehead atoms. The zero-order valence-electron chi connectivity index (χ0n) is 17.9. The lowest BCUT2D eigenvalue weighted by molar-refractivity contribution is -0.0939. The van der Waals surface area contributed by atoms with Gasteiger partial charge in [-0.25, -0.2) is 0 Å². The van der Waals surface area contributed by atoms with Crippen molar-refractivity contribution in [3.63, 3.8) is 0 Å². The molecule has 3 aliphatic rings. The van der Waals surface area contributed by atoms with Crippen LogP contribution in [0.3, 0.4) is 0 Å². The Kier molecular flexibility index (Phi) is 5.30. The summed E-state index contributed by atoms with van der Waals surface area (Å²) in [5.41, 5.74) is -0.732. The van der Waals surface area contributed by atoms with E-state index >= 15 is 0 Å². The molecule has 6 nitrogen and oxygen atoms in total. The summed E-state index contributed by atoms with van der Waals surface area (Å²) in [6.07, 6.45) is 2.16. The van der Waals surface area contributed by atoms with Crippen molar-refractivity contribution in [1.82, 2.24) is 4.90 Å². The monoisotopic (exact) mass is 400 g/mol. The SMILES string of the molecule is CC(C)(O)C(C)(C)O[B]c1ccc2c(c1)C(=O)CC1(CCN(C3COC3)CC1)O2. The first-order valence-corrected chi connectivity index (χ1v) is 10.5. The van der Waals surface area contributed by atoms with Crippen LogP contribution in [0.4, 0.5) is 0 Å². The molecule has 0 unspecified atom stereocenters. The van der Waals surface area contributed by atoms with E-state index in [1.54, 1.807) is 21.3 Å². The van der Waals surface area contributed by atoms with Crippen molar-refractivity contribution in [3.05, 3.63) is 23.8 Å². The molecule has 157 valence electrons. The molecule has 1 radical (unpaired) electrons. The average molecular weight is 400 g/mol. The fourth-order valence-corrected chi connectivity index (χ4v) is 3.95. The van der Waals surface area contributed by atoms with Gasteiger partial charge in [0.25, 0.3) is 0 Å². The normalized spacial score (nSPS) is 22.7. The summed E-state index contributed by atoms with van der Waals surface area (Å²) in [5, 5.41) is 10.2. The Hall–Kier alpha value is -1.41. The van der Waals surface area contributed by atoms with Crippen molar-refractivity contribution in [3.8, 4) is 5.75 Å². The minimum absolute atomic E-state index is 0.128. The van der Waals surface area contributed by atoms with Gasteiger partial charge in [-0.05, 0) is 33.8 Å². The summed E-state index contributed by atoms with van der Waals surface area (Å²) in [5.74, 6) is 0.796. The van der Waals surface area contributed by atoms with Crippen LogP contribution >= 0.6 is 0 Å². The molecule has 7 heteroatoms. The van der Waals surface area contributed by atoms with E-state index in [1.165, 1.54) is 0 Å². The van der Waals surface area contributed by atoms with Crippen molar-refractivity contribution >= 4 is 18.7 Å². The Labute approximate surface area is 173 Å². The molecule has 29 heavy (non-hydrogen) atoms. The number of ether oxygens (including phenoxy) is 2. The molecule has 0 saturated carbocycles. The molecule has 0 aliphatic carbocycles. The minimum atomic E-state index is -0.997. The molecule has 2 saturated heterocycles. The average Bonchev–Trinajstić information content (AvgIpc) is 2.60. The van der Waals surface area contributed by atoms with Crippen molar-refractivity contribution in [2.75, 3.05) is 26.3 Å². The molecular weight excluding hydrogens is 369 g/mol. The Morgan fingerprint density at radius 2 is 1.90 bits per heavy atom. The van der Waals surface area contributed by atoms with E-state index in [9.17, 15) is 9.90 Å². The molecule has 0 aromatic heterocycles. The van der Waals surface area contributed by atoms with Crippen LogP contribution in [0.15, 0.2) is 18.2 Å². The fraction of sp³-hybridized carbons (Fsp3) is 0.682. The zero-order chi connectivity index (χ0) is 20.9. The van der Waals surface area contributed by atoms with Crippen LogP contribution in [-0.2, 0) is 9.39 Å². The van der Waals surface area contributed by atoms with Gasteiger partial charge in [0.05, 0.1) is 42.4 Å². The molecule has 1 aromatic carbocycles. The lowest BCUT2D eigenvalue weighted by Crippen LogP contribution is -2.57. The molecule has 1 aromatic rings. The highest BCUT2D eigenvalue weighted by molar-refractivity contribution is 6.47. The summed E-state index contributed by atoms with van der Waals surface area (Å²) in [6.45, 7) is 10.6. The lowest BCUT2D eigenvalue weighted by atomic mass is 9.79. The summed E-state index contributed by atoms with van der Waals surface area (Å²) >= 11 is 0. The van der Waals surface area contributed by atoms with Gasteiger partial charge in [0.15, 0.2) is 5.78 Å². The van der Waals surface area contributed by atoms with Crippen LogP contribution in [0.5, 0.6) is 5.75 Å². The van der Waals surface area contributed by atoms with E-state index < -0.39 is 11.2 Å². The number of nitrogens with zero attached hydrogens (tertiary/aromatic N) is 1. The van der Waals surface area contributed by atoms with E-state index in [2.05, 4.69) is 4.90 Å². The smallest absolute Gasteiger partial charge is 0.330 e. The van der Waals surface area contributed by atoms with Crippen LogP contribution in [0.2, 0.25) is 0 Å². The van der Waals surface area contributed by atoms with E-state index in [0.717, 1.165) is 44.6 Å². The van der Waals surface area contributed by atoms with Crippen LogP contribution in [0, 0.1) is 0 Å². The number of ketones is 1. The molecule has 0 amide bonds. The first-order chi connectivity index (χ1) is 13.6. The number of rotatable bonds is 5. The topological polar surface area (TPSA) is 68.2 Å². The maximum atomic E-state index is 12.9. The largest absolute Gasteiger partial charge is 0.486 e. The third-order valence-electron chi connectivity index (χ3n) is 6.92. The van der Waals surface area contributed by atoms with E-state index in [-0.39, 0.29) is 11.4 Å². The van der Waals surface area contributed by atoms with Gasteiger partial charge >= 0.3 is 7.48 Å². The van der Waals surface area contributed by atoms with Gasteiger partial charge in [-0.15, -0.1) is 0 Å². The van der Waals surface area contributed by atoms with Gasteiger partial charge in [-0.1, -0.05) is 17.6 Å². The van der Waals surface area contributed by atoms with Crippen molar-refractivity contribution in [1.29, 1.82) is 0 Å². The Bertz CT molecular complexity index is 776. The molecule has 4 rings (SSSR count). The van der Waals surface area contributed by atoms with Gasteiger partial charge in [-0.3, -0.25) is 9.69 Å². The molecule has 1 spiro atoms. The number of carbonyl (C=O) groups is 1. The van der Waals surface area contributed by atoms with Gasteiger partial charge < -0.3 is 19.2 Å². The van der Waals surface area contributed by atoms with Crippen molar-refractivity contribution in [2.45, 2.75) is 69.8 Å². The fourth-order valence-electron chi connectivity index (χ4n) is 3.95. The van der Waals surface area contributed by atoms with Crippen molar-refractivity contribution < 1.29 is 24.0 Å². The van der Waals surface area contributed by atoms with Gasteiger partial charge in [0.2, 0.25) is 0 Å². The molecule has 0 atom stereocenters. The third kappa shape index (κ3) is 4.11. The molecule has 1 N–H and O–H groups in total. The quantitative estimate of drug-likeness (QED) is 0.759. The maximum absolute atomic E-state index is 12.9. The number of benzene rings is 1. The Morgan fingerprint density at radius 1 is 1.21 bits per heavy atom. The van der Waals surface area contributed by atoms with Gasteiger partial charge in [0, 0.05) is 25.9 Å². The standard InChI is InChI=1S/C22H31BNO5/c1-20(2,26)21(3,4)29-23-15-5-6-19-17(11-15)18(25)12-22(28-19)7-9-24(10-8-22)16-13-27-14-16/h5-6,11,16,26H,7-10,12-14H2,1-4H3. The highest BCUT2D eigenvalue weighted by Crippen LogP contribution is 2.39. The number of likely N-dealkylation sites (tertiary alicyclic amines) is 1. The number of fused-ring (bicyclic) bond motifs is 1. The summed E-state index contributed by atoms with van der Waals surface area (Å²) in [4.78, 5) is 15.4. The lowest BCUT2D eigenvalue weighted by Gasteiger charge is -2.47. The number of piperidine rings is 1. The minimum Gasteiger partial charge on any atom is -0.486 e. The van der Waals surface area contributed by atoms with Crippen molar-refractivity contribution in [2.24, 2.45) is 0 Å². The second-order valence-electron chi connectivity index (χ2n) is 9.67. The van der Waals surface area contributed by atoms with Crippen LogP contribution in [0.25, 0.3) is 0 Å². The number of Topliss-reactive ketones (excluding diaryl/α,β-unsaturated/α-hetero) is 1. The second-order valence-corrected chi connectivity index (χ2v) is 9.67. The Morgan fingerprint density at radius 3 is 2.48 bits per heavy atom. The van der Waals surface area contributed by atoms with Crippen LogP contribution in [0.1, 0.15) is 57.3 Å². The first-order valence-electron chi connectivity index (χ1n) is 10.5. The zero-order valence-corrected chi connectivity index (χ0v) is 17.9. The number of aliphatic hydroxyl groups is 1. The van der Waals surface area contributed by atoms with E-state index in [4.69, 9.17) is 14.1 Å². The molecular formula is C22H31BNO5. The first kappa shape index (κ1) is 20.9. The molecule has 3 aliphatic heterocycles. The number of hydrogen-bond acceptors (Lipinski definition) is 6. The van der Waals surface area contributed by atoms with Gasteiger partial charge in [0.1, 0.15) is 11.4 Å². The molecule has 3 heterocycles. The van der Waals surface area contributed by atoms with Crippen LogP contribution < -0.4 is 10.2 Å². The van der Waals surface area contributed by atoms with Gasteiger partial charge in [-0.2, -0.15) is 0 Å². The summed E-state index contributed by atoms with van der Waals surface area (Å²) in [6, 6.07) is 6.12. The predicted molar refractivity (Wildman–Crippen MR) is 111 cm³/mol. The highest BCUT2D eigenvalue weighted by atomic mass is 16.5. The Balaban J connectivity index is 1.42. The number of carbonyl (C=O) groups excluding carboxylic acids is 1. The second kappa shape index (κ2) is 7.38. The maximum Gasteiger partial charge on any atom is 0.330 e. The van der Waals surface area contributed by atoms with E-state index in [1.807, 2.05) is 32.0 Å². The number of hydrogen-bond donors (Lipinski definition) is 1. The highest BCUT2D eigenvalue weighted by Gasteiger charge is 2.44. The third-order valence-corrected chi connectivity index (χ3v) is 6.92. The van der Waals surface area contributed by atoms with E-state index in [0.29, 0.717) is 23.8 Å². The summed E-state index contributed by atoms with van der Waals surface area (Å²) < 4.78 is 17.5. The van der Waals surface area contributed by atoms with Crippen LogP contribution in [-0.4, -0.2) is 72.4 Å². The summed E-state index contributed by atoms with van der Waals surface area (Å²) in [7, 11) is 1.61.